The molecule has 0 heterocycles. The van der Waals surface area contributed by atoms with Gasteiger partial charge in [0.1, 0.15) is 0 Å². The number of carbonyl (C=O) groups excluding carboxylic acids is 1. The number of aliphatic hydroxyl groups is 1. The Kier molecular flexibility index (Phi) is 25.1. The van der Waals surface area contributed by atoms with Crippen molar-refractivity contribution >= 4 is 5.97 Å². The molecule has 0 saturated carbocycles. The van der Waals surface area contributed by atoms with Crippen LogP contribution in [0.15, 0.2) is 59.9 Å². The van der Waals surface area contributed by atoms with E-state index in [2.05, 4.69) is 39.2 Å². The second-order valence-electron chi connectivity index (χ2n) is 13.2. The minimum absolute atomic E-state index is 0.199. The maximum atomic E-state index is 13.1. The molecule has 0 amide bonds. The molecular formula is C41H67F5O3. The van der Waals surface area contributed by atoms with E-state index in [1.807, 2.05) is 26.0 Å². The van der Waals surface area contributed by atoms with Crippen molar-refractivity contribution in [2.75, 3.05) is 6.61 Å². The van der Waals surface area contributed by atoms with Crippen molar-refractivity contribution < 1.29 is 36.6 Å². The number of aliphatic hydroxyl groups excluding tert-OH is 1. The third-order valence-corrected chi connectivity index (χ3v) is 9.33. The lowest BCUT2D eigenvalue weighted by Gasteiger charge is -2.33. The molecule has 1 aliphatic carbocycles. The van der Waals surface area contributed by atoms with Gasteiger partial charge in [-0.3, -0.25) is 4.79 Å². The van der Waals surface area contributed by atoms with Gasteiger partial charge in [0.2, 0.25) is 0 Å². The van der Waals surface area contributed by atoms with Gasteiger partial charge in [-0.2, -0.15) is 22.0 Å². The van der Waals surface area contributed by atoms with Crippen LogP contribution in [0, 0.1) is 17.8 Å². The number of alkyl halides is 5. The second-order valence-corrected chi connectivity index (χ2v) is 13.2. The minimum Gasteiger partial charge on any atom is -0.512 e. The fourth-order valence-corrected chi connectivity index (χ4v) is 6.64. The van der Waals surface area contributed by atoms with Gasteiger partial charge >= 0.3 is 18.1 Å². The summed E-state index contributed by atoms with van der Waals surface area (Å²) in [6.45, 7) is 18.6. The molecule has 0 saturated heterocycles. The topological polar surface area (TPSA) is 46.5 Å². The van der Waals surface area contributed by atoms with Crippen LogP contribution in [0.3, 0.4) is 0 Å². The van der Waals surface area contributed by atoms with Crippen LogP contribution in [-0.4, -0.2) is 29.8 Å². The molecule has 0 aromatic rings. The van der Waals surface area contributed by atoms with Gasteiger partial charge in [0, 0.05) is 12.8 Å². The van der Waals surface area contributed by atoms with Gasteiger partial charge in [0.15, 0.2) is 0 Å². The maximum Gasteiger partial charge on any atom is 0.453 e. The summed E-state index contributed by atoms with van der Waals surface area (Å²) in [6.07, 6.45) is 16.0. The fourth-order valence-electron chi connectivity index (χ4n) is 6.64. The molecule has 49 heavy (non-hydrogen) atoms. The van der Waals surface area contributed by atoms with Crippen LogP contribution >= 0.6 is 0 Å². The summed E-state index contributed by atoms with van der Waals surface area (Å²) in [5.41, 5.74) is 3.76. The molecule has 1 aliphatic rings. The molecule has 284 valence electrons. The number of allylic oxidation sites excluding steroid dienone is 8. The quantitative estimate of drug-likeness (QED) is 0.0422. The number of esters is 1. The number of hydrogen-bond acceptors (Lipinski definition) is 3. The van der Waals surface area contributed by atoms with Gasteiger partial charge in [-0.1, -0.05) is 134 Å². The molecule has 0 radical (unpaired) electrons. The zero-order valence-electron chi connectivity index (χ0n) is 31.3. The highest BCUT2D eigenvalue weighted by Gasteiger charge is 2.56. The van der Waals surface area contributed by atoms with Crippen molar-refractivity contribution in [3.63, 3.8) is 0 Å². The Balaban J connectivity index is 0.0000113. The summed E-state index contributed by atoms with van der Waals surface area (Å²) >= 11 is 0. The summed E-state index contributed by atoms with van der Waals surface area (Å²) in [4.78, 5) is 12.5. The van der Waals surface area contributed by atoms with Crippen LogP contribution in [0.2, 0.25) is 0 Å². The highest BCUT2D eigenvalue weighted by atomic mass is 19.4. The largest absolute Gasteiger partial charge is 0.512 e. The zero-order valence-corrected chi connectivity index (χ0v) is 31.3. The van der Waals surface area contributed by atoms with E-state index in [-0.39, 0.29) is 31.3 Å². The Morgan fingerprint density at radius 2 is 1.41 bits per heavy atom. The SMILES string of the molecule is C=C/C=C(\C(=C)C)C(CCCCCCCCC(CCCCCCC(F)(F)C(F)(F)F)C(=O)OCC)C(CCCC)C1=CC=C(O)CC1.CC. The summed E-state index contributed by atoms with van der Waals surface area (Å²) in [6, 6.07) is 0. The number of ether oxygens (including phenoxy) is 1. The van der Waals surface area contributed by atoms with Crippen molar-refractivity contribution in [3.8, 4) is 0 Å². The number of carbonyl (C=O) groups is 1. The van der Waals surface area contributed by atoms with Crippen LogP contribution in [0.25, 0.3) is 0 Å². The lowest BCUT2D eigenvalue weighted by atomic mass is 9.72. The first-order valence-electron chi connectivity index (χ1n) is 19.0. The number of hydrogen-bond donors (Lipinski definition) is 1. The summed E-state index contributed by atoms with van der Waals surface area (Å²) < 4.78 is 68.5. The highest BCUT2D eigenvalue weighted by Crippen LogP contribution is 2.41. The molecule has 1 N–H and O–H groups in total. The van der Waals surface area contributed by atoms with Gasteiger partial charge in [-0.15, -0.1) is 0 Å². The van der Waals surface area contributed by atoms with Gasteiger partial charge in [-0.05, 0) is 75.9 Å². The van der Waals surface area contributed by atoms with E-state index >= 15 is 0 Å². The van der Waals surface area contributed by atoms with Gasteiger partial charge in [0.25, 0.3) is 0 Å². The Morgan fingerprint density at radius 3 is 1.88 bits per heavy atom. The van der Waals surface area contributed by atoms with Crippen LogP contribution in [0.4, 0.5) is 22.0 Å². The Bertz CT molecular complexity index is 1020. The van der Waals surface area contributed by atoms with Gasteiger partial charge in [0.05, 0.1) is 18.3 Å². The summed E-state index contributed by atoms with van der Waals surface area (Å²) in [5, 5.41) is 9.96. The predicted molar refractivity (Wildman–Crippen MR) is 195 cm³/mol. The minimum atomic E-state index is -5.50. The van der Waals surface area contributed by atoms with Crippen molar-refractivity contribution in [3.05, 3.63) is 59.9 Å². The lowest BCUT2D eigenvalue weighted by Crippen LogP contribution is -2.36. The number of halogens is 5. The summed E-state index contributed by atoms with van der Waals surface area (Å²) in [7, 11) is 0. The van der Waals surface area contributed by atoms with E-state index in [1.54, 1.807) is 6.92 Å². The Labute approximate surface area is 295 Å². The number of rotatable bonds is 26. The molecule has 0 aromatic heterocycles. The first-order chi connectivity index (χ1) is 23.3. The van der Waals surface area contributed by atoms with Crippen LogP contribution in [0.5, 0.6) is 0 Å². The van der Waals surface area contributed by atoms with Crippen molar-refractivity contribution in [2.45, 2.75) is 169 Å². The van der Waals surface area contributed by atoms with Gasteiger partial charge < -0.3 is 9.84 Å². The fraction of sp³-hybridized carbons (Fsp3) is 0.732. The third-order valence-electron chi connectivity index (χ3n) is 9.33. The third kappa shape index (κ3) is 19.0. The molecule has 1 rings (SSSR count). The molecule has 8 heteroatoms. The van der Waals surface area contributed by atoms with Crippen LogP contribution in [-0.2, 0) is 9.53 Å². The maximum absolute atomic E-state index is 13.1. The zero-order chi connectivity index (χ0) is 37.3. The van der Waals surface area contributed by atoms with Crippen molar-refractivity contribution in [1.82, 2.24) is 0 Å². The molecular weight excluding hydrogens is 635 g/mol. The molecule has 0 aromatic carbocycles. The van der Waals surface area contributed by atoms with Crippen molar-refractivity contribution in [1.29, 1.82) is 0 Å². The van der Waals surface area contributed by atoms with Crippen LogP contribution in [0.1, 0.15) is 157 Å². The number of unbranched alkanes of at least 4 members (excludes halogenated alkanes) is 9. The summed E-state index contributed by atoms with van der Waals surface area (Å²) in [5.74, 6) is -3.96. The Morgan fingerprint density at radius 1 is 0.857 bits per heavy atom. The Hall–Kier alpha value is -2.38. The standard InChI is InChI=1S/C39H61F5O3.C2H6/c1-6-9-23-35(31-25-27-33(45)28-26-31)36(34(20-7-2)30(4)5)24-18-13-11-10-12-16-21-32(37(46)47-8-3)22-17-14-15-19-29-38(40,41)39(42,43)44;1-2/h7,20,25,27,32,35-36,45H,2,4,6,8-19,21-24,26,28-29H2,1,3,5H3;1-2H3/b34-20+;. The normalized spacial score (nSPS) is 15.7. The van der Waals surface area contributed by atoms with E-state index in [4.69, 9.17) is 4.74 Å². The smallest absolute Gasteiger partial charge is 0.453 e. The van der Waals surface area contributed by atoms with Gasteiger partial charge in [-0.25, -0.2) is 0 Å². The van der Waals surface area contributed by atoms with Crippen molar-refractivity contribution in [2.24, 2.45) is 17.8 Å². The molecule has 3 unspecified atom stereocenters. The van der Waals surface area contributed by atoms with E-state index in [1.165, 1.54) is 11.1 Å². The average Bonchev–Trinajstić information content (AvgIpc) is 3.05. The molecule has 0 aliphatic heterocycles. The van der Waals surface area contributed by atoms with E-state index in [9.17, 15) is 31.9 Å². The van der Waals surface area contributed by atoms with E-state index < -0.39 is 18.5 Å². The van der Waals surface area contributed by atoms with E-state index in [0.29, 0.717) is 49.7 Å². The predicted octanol–water partition coefficient (Wildman–Crippen LogP) is 14.1. The second kappa shape index (κ2) is 26.4. The first-order valence-corrected chi connectivity index (χ1v) is 19.0. The highest BCUT2D eigenvalue weighted by molar-refractivity contribution is 5.72. The lowest BCUT2D eigenvalue weighted by molar-refractivity contribution is -0.284. The van der Waals surface area contributed by atoms with E-state index in [0.717, 1.165) is 76.2 Å². The molecule has 0 spiro atoms. The molecule has 0 bridgehead atoms. The molecule has 3 atom stereocenters. The first kappa shape index (κ1) is 46.6. The molecule has 3 nitrogen and oxygen atoms in total. The van der Waals surface area contributed by atoms with Crippen LogP contribution < -0.4 is 0 Å². The monoisotopic (exact) mass is 703 g/mol. The molecule has 0 fully saturated rings. The average molecular weight is 703 g/mol.